The zero-order chi connectivity index (χ0) is 24.8. The van der Waals surface area contributed by atoms with Crippen molar-refractivity contribution in [2.24, 2.45) is 0 Å². The van der Waals surface area contributed by atoms with Crippen molar-refractivity contribution in [1.29, 1.82) is 0 Å². The van der Waals surface area contributed by atoms with Gasteiger partial charge in [0.1, 0.15) is 16.8 Å². The Morgan fingerprint density at radius 3 is 2.34 bits per heavy atom. The molecule has 0 amide bonds. The van der Waals surface area contributed by atoms with Crippen LogP contribution in [0.2, 0.25) is 0 Å². The fourth-order valence-electron chi connectivity index (χ4n) is 5.21. The van der Waals surface area contributed by atoms with Gasteiger partial charge in [0.2, 0.25) is 0 Å². The maximum absolute atomic E-state index is 13.3. The first-order valence-corrected chi connectivity index (χ1v) is 11.1. The normalized spacial score (nSPS) is 14.9. The molecule has 6 rings (SSSR count). The van der Waals surface area contributed by atoms with Gasteiger partial charge in [-0.1, -0.05) is 19.1 Å². The van der Waals surface area contributed by atoms with Gasteiger partial charge < -0.3 is 34.5 Å². The van der Waals surface area contributed by atoms with E-state index in [4.69, 9.17) is 4.42 Å². The van der Waals surface area contributed by atoms with E-state index in [1.807, 2.05) is 24.5 Å². The average molecular weight is 471 g/mol. The van der Waals surface area contributed by atoms with Crippen molar-refractivity contribution >= 4 is 21.9 Å². The molecule has 0 spiro atoms. The van der Waals surface area contributed by atoms with Crippen LogP contribution in [0, 0.1) is 6.92 Å². The fourth-order valence-corrected chi connectivity index (χ4v) is 5.21. The van der Waals surface area contributed by atoms with Gasteiger partial charge in [0.25, 0.3) is 0 Å². The lowest BCUT2D eigenvalue weighted by atomic mass is 9.86. The summed E-state index contributed by atoms with van der Waals surface area (Å²) in [6.45, 7) is 4.30. The Bertz CT molecular complexity index is 1780. The molecule has 3 aromatic carbocycles. The Balaban J connectivity index is 1.89. The molecule has 2 aromatic heterocycles. The molecule has 0 bridgehead atoms. The summed E-state index contributed by atoms with van der Waals surface area (Å²) in [6, 6.07) is 10.5. The minimum absolute atomic E-state index is 0.0109. The Labute approximate surface area is 198 Å². The third-order valence-electron chi connectivity index (χ3n) is 6.88. The first kappa shape index (κ1) is 21.0. The van der Waals surface area contributed by atoms with Crippen LogP contribution < -0.4 is 5.63 Å². The predicted molar refractivity (Wildman–Crippen MR) is 130 cm³/mol. The maximum atomic E-state index is 13.3. The van der Waals surface area contributed by atoms with Gasteiger partial charge in [-0.05, 0) is 53.8 Å². The molecule has 8 heteroatoms. The number of phenols is 5. The monoisotopic (exact) mass is 471 g/mol. The lowest BCUT2D eigenvalue weighted by Crippen LogP contribution is -2.17. The van der Waals surface area contributed by atoms with Crippen molar-refractivity contribution < 1.29 is 29.9 Å². The minimum Gasteiger partial charge on any atom is -0.508 e. The molecule has 0 saturated carbocycles. The molecular weight excluding hydrogens is 450 g/mol. The molecule has 176 valence electrons. The SMILES string of the molecule is Cc1cc2c(cc1O)-c1c(-c3ccc(O)c(O)c3)c3c4cc(O)c(O)cc4oc(=O)c3n1CC2C. The summed E-state index contributed by atoms with van der Waals surface area (Å²) >= 11 is 0. The van der Waals surface area contributed by atoms with Gasteiger partial charge in [-0.3, -0.25) is 0 Å². The molecule has 1 atom stereocenters. The van der Waals surface area contributed by atoms with Crippen molar-refractivity contribution in [2.75, 3.05) is 0 Å². The van der Waals surface area contributed by atoms with Crippen molar-refractivity contribution in [3.8, 4) is 51.1 Å². The van der Waals surface area contributed by atoms with E-state index in [9.17, 15) is 30.3 Å². The first-order valence-electron chi connectivity index (χ1n) is 11.1. The van der Waals surface area contributed by atoms with Gasteiger partial charge in [0, 0.05) is 34.5 Å². The van der Waals surface area contributed by atoms with E-state index in [2.05, 4.69) is 0 Å². The van der Waals surface area contributed by atoms with Gasteiger partial charge >= 0.3 is 5.63 Å². The third-order valence-corrected chi connectivity index (χ3v) is 6.88. The number of phenolic OH excluding ortho intramolecular Hbond substituents is 5. The van der Waals surface area contributed by atoms with Crippen molar-refractivity contribution in [3.05, 3.63) is 64.0 Å². The second kappa shape index (κ2) is 6.96. The largest absolute Gasteiger partial charge is 0.508 e. The van der Waals surface area contributed by atoms with Gasteiger partial charge in [0.05, 0.1) is 5.69 Å². The van der Waals surface area contributed by atoms with Crippen molar-refractivity contribution in [1.82, 2.24) is 4.57 Å². The van der Waals surface area contributed by atoms with Gasteiger partial charge in [0.15, 0.2) is 23.0 Å². The first-order chi connectivity index (χ1) is 16.7. The quantitative estimate of drug-likeness (QED) is 0.171. The van der Waals surface area contributed by atoms with Crippen LogP contribution in [0.4, 0.5) is 0 Å². The average Bonchev–Trinajstić information content (AvgIpc) is 3.14. The van der Waals surface area contributed by atoms with Crippen molar-refractivity contribution in [2.45, 2.75) is 26.3 Å². The number of aryl methyl sites for hydroxylation is 1. The number of aromatic nitrogens is 1. The van der Waals surface area contributed by atoms with Crippen LogP contribution in [0.1, 0.15) is 24.0 Å². The highest BCUT2D eigenvalue weighted by Crippen LogP contribution is 2.50. The van der Waals surface area contributed by atoms with E-state index in [0.29, 0.717) is 34.1 Å². The van der Waals surface area contributed by atoms with E-state index in [-0.39, 0.29) is 40.0 Å². The molecule has 5 aromatic rings. The molecule has 0 fully saturated rings. The minimum atomic E-state index is -0.625. The highest BCUT2D eigenvalue weighted by molar-refractivity contribution is 6.17. The molecule has 3 heterocycles. The summed E-state index contributed by atoms with van der Waals surface area (Å²) < 4.78 is 7.39. The number of aromatic hydroxyl groups is 5. The Hall–Kier alpha value is -4.59. The predicted octanol–water partition coefficient (Wildman–Crippen LogP) is 5.04. The van der Waals surface area contributed by atoms with Gasteiger partial charge in [-0.25, -0.2) is 4.79 Å². The Morgan fingerprint density at radius 2 is 1.60 bits per heavy atom. The summed E-state index contributed by atoms with van der Waals surface area (Å²) in [7, 11) is 0. The maximum Gasteiger partial charge on any atom is 0.361 e. The molecule has 1 aliphatic rings. The summed E-state index contributed by atoms with van der Waals surface area (Å²) in [4.78, 5) is 13.3. The van der Waals surface area contributed by atoms with Crippen LogP contribution in [-0.2, 0) is 6.54 Å². The summed E-state index contributed by atoms with van der Waals surface area (Å²) in [5.41, 5.74) is 3.89. The summed E-state index contributed by atoms with van der Waals surface area (Å²) in [5.74, 6) is -1.31. The van der Waals surface area contributed by atoms with Crippen molar-refractivity contribution in [3.63, 3.8) is 0 Å². The van der Waals surface area contributed by atoms with Crippen LogP contribution in [0.25, 0.3) is 44.3 Å². The Kier molecular flexibility index (Phi) is 4.17. The van der Waals surface area contributed by atoms with Gasteiger partial charge in [-0.2, -0.15) is 0 Å². The summed E-state index contributed by atoms with van der Waals surface area (Å²) in [6.07, 6.45) is 0. The van der Waals surface area contributed by atoms with Crippen LogP contribution in [0.5, 0.6) is 28.7 Å². The molecule has 0 radical (unpaired) electrons. The zero-order valence-corrected chi connectivity index (χ0v) is 18.8. The molecule has 1 aliphatic heterocycles. The van der Waals surface area contributed by atoms with Crippen LogP contribution in [0.3, 0.4) is 0 Å². The second-order valence-electron chi connectivity index (χ2n) is 9.11. The smallest absolute Gasteiger partial charge is 0.361 e. The lowest BCUT2D eigenvalue weighted by molar-refractivity contribution is 0.403. The number of hydrogen-bond donors (Lipinski definition) is 5. The molecule has 35 heavy (non-hydrogen) atoms. The summed E-state index contributed by atoms with van der Waals surface area (Å²) in [5, 5.41) is 51.9. The number of benzene rings is 3. The number of fused-ring (bicyclic) bond motifs is 7. The van der Waals surface area contributed by atoms with Crippen LogP contribution in [0.15, 0.2) is 51.7 Å². The molecule has 5 N–H and O–H groups in total. The lowest BCUT2D eigenvalue weighted by Gasteiger charge is -2.27. The van der Waals surface area contributed by atoms with Crippen LogP contribution >= 0.6 is 0 Å². The third kappa shape index (κ3) is 2.83. The number of nitrogens with zero attached hydrogens (tertiary/aromatic N) is 1. The standard InChI is InChI=1S/C27H21NO7/c1-11-5-14-12(2)10-28-25(15(14)7-18(11)30)23(13-3-4-17(29)19(31)6-13)24-16-8-20(32)21(33)9-22(16)35-27(34)26(24)28/h3-9,12,29-33H,10H2,1-2H3. The molecule has 1 unspecified atom stereocenters. The molecular formula is C27H21NO7. The highest BCUT2D eigenvalue weighted by Gasteiger charge is 2.32. The van der Waals surface area contributed by atoms with E-state index >= 15 is 0 Å². The second-order valence-corrected chi connectivity index (χ2v) is 9.11. The van der Waals surface area contributed by atoms with E-state index in [0.717, 1.165) is 16.7 Å². The van der Waals surface area contributed by atoms with Gasteiger partial charge in [-0.15, -0.1) is 0 Å². The topological polar surface area (TPSA) is 136 Å². The Morgan fingerprint density at radius 1 is 0.886 bits per heavy atom. The highest BCUT2D eigenvalue weighted by atomic mass is 16.4. The number of rotatable bonds is 1. The molecule has 8 nitrogen and oxygen atoms in total. The fraction of sp³-hybridized carbons (Fsp3) is 0.148. The zero-order valence-electron chi connectivity index (χ0n) is 18.8. The van der Waals surface area contributed by atoms with E-state index < -0.39 is 11.4 Å². The van der Waals surface area contributed by atoms with E-state index in [1.165, 1.54) is 24.3 Å². The van der Waals surface area contributed by atoms with Crippen LogP contribution in [-0.4, -0.2) is 30.1 Å². The van der Waals surface area contributed by atoms with E-state index in [1.54, 1.807) is 12.1 Å². The number of hydrogen-bond acceptors (Lipinski definition) is 7. The molecule has 0 aliphatic carbocycles. The molecule has 0 saturated heterocycles.